The van der Waals surface area contributed by atoms with Gasteiger partial charge in [-0.15, -0.1) is 11.8 Å². The highest BCUT2D eigenvalue weighted by Gasteiger charge is 2.47. The molecule has 0 spiro atoms. The molecular formula is C92H130N24O19S. The second-order valence-electron chi connectivity index (χ2n) is 35.3. The second-order valence-corrected chi connectivity index (χ2v) is 36.3. The minimum absolute atomic E-state index is 0.00461. The van der Waals surface area contributed by atoms with Crippen LogP contribution in [0.3, 0.4) is 0 Å². The van der Waals surface area contributed by atoms with Crippen LogP contribution in [0.1, 0.15) is 146 Å². The molecule has 0 aliphatic carbocycles. The number of guanidine groups is 1. The van der Waals surface area contributed by atoms with E-state index in [0.717, 1.165) is 41.8 Å². The molecular weight excluding hydrogens is 1780 g/mol. The summed E-state index contributed by atoms with van der Waals surface area (Å²) in [7, 11) is 3.96. The van der Waals surface area contributed by atoms with E-state index in [0.29, 0.717) is 69.9 Å². The van der Waals surface area contributed by atoms with Crippen LogP contribution in [-0.4, -0.2) is 317 Å². The van der Waals surface area contributed by atoms with Crippen LogP contribution in [0.25, 0.3) is 21.8 Å². The molecule has 9 rings (SSSR count). The number of aryl methyl sites for hydroxylation is 1. The first kappa shape index (κ1) is 106. The van der Waals surface area contributed by atoms with Gasteiger partial charge < -0.3 is 125 Å². The summed E-state index contributed by atoms with van der Waals surface area (Å²) in [5.74, 6) is -17.5. The number of hydrogen-bond acceptors (Lipinski definition) is 22. The number of fused-ring (bicyclic) bond motifs is 4. The van der Waals surface area contributed by atoms with Gasteiger partial charge in [0.1, 0.15) is 84.6 Å². The quantitative estimate of drug-likeness (QED) is 0.0154. The molecule has 15 atom stereocenters. The highest BCUT2D eigenvalue weighted by atomic mass is 32.2. The number of likely N-dealkylation sites (N-methyl/N-ethyl adjacent to an activating group) is 3. The Labute approximate surface area is 791 Å². The molecule has 44 heteroatoms. The van der Waals surface area contributed by atoms with Crippen molar-refractivity contribution >= 4 is 140 Å². The number of amides is 17. The smallest absolute Gasteiger partial charge is 0.246 e. The summed E-state index contributed by atoms with van der Waals surface area (Å²) in [6, 6.07) is -0.605. The SMILES string of the molecule is CCCC[C@H]1C(=O)N(C)[C@@H](CCCC)C(=O)N[C@@H](CCCNC(=N)N)C(=O)N[C@H](C(=O)NCC(N)=O)CSCC(=O)N[C@@H](Cc2ccc(C)cc2)C(=O)N(C)[C@@H](C)C(=O)N[C@@H](CC(N)=O)C(=O)N2CCC[C@H]2C(=O)N[C@@H](Cc2cnc[nH]2)C(=O)N[C@@H](CC(C)C)C(=O)N2C[C@H](O)C[C@H]2C(=O)NC(Cc2c[nH]c3ccccc23)C(=O)N[C@@H](CO)C(=O)N[C@@H](Cc2c[nH]c3ccccc23)C(=O)N1C. The number of benzene rings is 3. The predicted molar refractivity (Wildman–Crippen MR) is 503 cm³/mol. The van der Waals surface area contributed by atoms with Crippen LogP contribution in [0.2, 0.25) is 0 Å². The number of nitrogens with zero attached hydrogens (tertiary/aromatic N) is 6. The zero-order chi connectivity index (χ0) is 99.3. The zero-order valence-corrected chi connectivity index (χ0v) is 78.9. The van der Waals surface area contributed by atoms with Crippen molar-refractivity contribution in [2.45, 2.75) is 241 Å². The third kappa shape index (κ3) is 29.5. The van der Waals surface area contributed by atoms with E-state index < -0.39 is 235 Å². The molecule has 1 unspecified atom stereocenters. The lowest BCUT2D eigenvalue weighted by Crippen LogP contribution is -2.62. The third-order valence-electron chi connectivity index (χ3n) is 24.5. The minimum atomic E-state index is -1.89. The summed E-state index contributed by atoms with van der Waals surface area (Å²) in [5.41, 5.74) is 20.8. The number of H-pyrrole nitrogens is 3. The number of hydrogen-bond donors (Lipinski definition) is 20. The number of aromatic nitrogens is 4. The number of aromatic amines is 3. The molecule has 0 radical (unpaired) electrons. The van der Waals surface area contributed by atoms with E-state index in [-0.39, 0.29) is 96.1 Å². The Morgan fingerprint density at radius 1 is 0.551 bits per heavy atom. The summed E-state index contributed by atoms with van der Waals surface area (Å²) in [5, 5.41) is 61.1. The first-order chi connectivity index (χ1) is 64.8. The van der Waals surface area contributed by atoms with E-state index in [1.54, 1.807) is 99.0 Å². The van der Waals surface area contributed by atoms with Gasteiger partial charge in [-0.2, -0.15) is 0 Å². The number of nitrogens with one attached hydrogen (secondary N) is 15. The normalized spacial score (nSPS) is 24.7. The maximum Gasteiger partial charge on any atom is 0.246 e. The lowest BCUT2D eigenvalue weighted by atomic mass is 10.00. The Hall–Kier alpha value is -13.5. The molecule has 0 bridgehead atoms. The van der Waals surface area contributed by atoms with E-state index in [9.17, 15) is 53.4 Å². The standard InChI is InChI=1S/C92H130N24O19S/c1-10-12-25-71-84(128)104-62(24-18-32-98-92(95)96)80(124)111-70(79(123)101-44-76(94)120)47-136-48-77(121)103-66(35-53-30-28-51(5)29-31-53)87(131)112(7)52(6)78(122)107-68(40-75(93)119)89(133)115-33-19-27-72(115)85(129)106-64(38-56-43-97-49-102-56)82(126)108-65(34-50(3)4)90(134)116-45-57(118)39-74(116)86(130)105-63(36-54-41-99-60-22-16-14-20-58(54)60)81(125)110-69(46-117)83(127)109-67(37-55-42-100-61-23-17-15-21-59(55)61)88(132)114(9)73(26-13-11-2)91(135)113(71)8/h14-17,20-23,28-31,41-43,49-50,52,57,62-74,99-100,117-118H,10-13,18-19,24-27,32-40,44-48H2,1-9H3,(H2,93,119)(H2,94,120)(H,97,102)(H,101,123)(H,103,121)(H,104,128)(H,105,130)(H,106,129)(H,107,122)(H,108,126)(H,109,127)(H,110,125)(H,111,124)(H4,95,96,98)/t52-,57+,62-,63?,64-,65-,66-,67-,68-,69-,70-,71-,72-,73-,74-/m0/s1. The number of nitrogens with two attached hydrogens (primary N) is 3. The lowest BCUT2D eigenvalue weighted by Gasteiger charge is -2.36. The van der Waals surface area contributed by atoms with Gasteiger partial charge in [0.25, 0.3) is 0 Å². The topological polar surface area (TPSA) is 641 Å². The molecule has 136 heavy (non-hydrogen) atoms. The van der Waals surface area contributed by atoms with E-state index >= 15 is 38.4 Å². The van der Waals surface area contributed by atoms with Gasteiger partial charge in [-0.25, -0.2) is 4.98 Å². The van der Waals surface area contributed by atoms with Crippen LogP contribution in [0.4, 0.5) is 0 Å². The summed E-state index contributed by atoms with van der Waals surface area (Å²) >= 11 is 0.793. The van der Waals surface area contributed by atoms with Crippen molar-refractivity contribution in [1.29, 1.82) is 5.41 Å². The number of thioether (sulfide) groups is 1. The predicted octanol–water partition coefficient (Wildman–Crippen LogP) is -2.33. The van der Waals surface area contributed by atoms with Crippen LogP contribution in [0.5, 0.6) is 0 Å². The Morgan fingerprint density at radius 3 is 1.68 bits per heavy atom. The molecule has 0 saturated carbocycles. The Balaban J connectivity index is 1.10. The van der Waals surface area contributed by atoms with Gasteiger partial charge in [-0.1, -0.05) is 120 Å². The number of carbonyl (C=O) groups excluding carboxylic acids is 17. The molecule has 23 N–H and O–H groups in total. The van der Waals surface area contributed by atoms with E-state index in [4.69, 9.17) is 22.6 Å². The number of aliphatic hydroxyl groups is 2. The number of carbonyl (C=O) groups is 17. The lowest BCUT2D eigenvalue weighted by molar-refractivity contribution is -0.149. The van der Waals surface area contributed by atoms with Crippen molar-refractivity contribution in [3.05, 3.63) is 126 Å². The molecule has 3 aromatic carbocycles. The van der Waals surface area contributed by atoms with Gasteiger partial charge in [0.2, 0.25) is 100 Å². The molecule has 3 aliphatic rings. The average Bonchev–Trinajstić information content (AvgIpc) is 1.53. The molecule has 3 aliphatic heterocycles. The summed E-state index contributed by atoms with van der Waals surface area (Å²) < 4.78 is 0. The van der Waals surface area contributed by atoms with E-state index in [1.807, 2.05) is 20.8 Å². The number of rotatable bonds is 26. The van der Waals surface area contributed by atoms with E-state index in [1.165, 1.54) is 40.6 Å². The van der Waals surface area contributed by atoms with Gasteiger partial charge in [-0.05, 0) is 93.5 Å². The van der Waals surface area contributed by atoms with E-state index in [2.05, 4.69) is 78.4 Å². The van der Waals surface area contributed by atoms with Crippen molar-refractivity contribution in [3.63, 3.8) is 0 Å². The fourth-order valence-electron chi connectivity index (χ4n) is 16.9. The second kappa shape index (κ2) is 50.7. The molecule has 6 heterocycles. The molecule has 3 fully saturated rings. The average molecular weight is 1910 g/mol. The van der Waals surface area contributed by atoms with Crippen molar-refractivity contribution in [1.82, 2.24) is 103 Å². The molecule has 6 aromatic rings. The summed E-state index contributed by atoms with van der Waals surface area (Å²) in [6.07, 6.45) is 3.93. The minimum Gasteiger partial charge on any atom is -0.394 e. The molecule has 738 valence electrons. The molecule has 3 saturated heterocycles. The molecule has 43 nitrogen and oxygen atoms in total. The Bertz CT molecular complexity index is 5240. The van der Waals surface area contributed by atoms with Gasteiger partial charge >= 0.3 is 0 Å². The van der Waals surface area contributed by atoms with Gasteiger partial charge in [0.15, 0.2) is 5.96 Å². The third-order valence-corrected chi connectivity index (χ3v) is 25.5. The van der Waals surface area contributed by atoms with Crippen LogP contribution in [-0.2, 0) is 107 Å². The van der Waals surface area contributed by atoms with Crippen LogP contribution in [0, 0.1) is 18.3 Å². The molecule has 17 amide bonds. The first-order valence-electron chi connectivity index (χ1n) is 45.8. The highest BCUT2D eigenvalue weighted by Crippen LogP contribution is 2.28. The monoisotopic (exact) mass is 1910 g/mol. The number of unbranched alkanes of at least 4 members (excludes halogenated alkanes) is 2. The molecule has 3 aromatic heterocycles. The zero-order valence-electron chi connectivity index (χ0n) is 78.1. The maximum atomic E-state index is 15.8. The Morgan fingerprint density at radius 2 is 1.09 bits per heavy atom. The summed E-state index contributed by atoms with van der Waals surface area (Å²) in [4.78, 5) is 270. The van der Waals surface area contributed by atoms with Gasteiger partial charge in [0.05, 0.1) is 37.8 Å². The maximum absolute atomic E-state index is 15.8. The van der Waals surface area contributed by atoms with Crippen molar-refractivity contribution < 1.29 is 91.7 Å². The van der Waals surface area contributed by atoms with Gasteiger partial charge in [0, 0.05) is 125 Å². The first-order valence-corrected chi connectivity index (χ1v) is 47.0. The fraction of sp³-hybridized carbons (Fsp3) is 0.533. The van der Waals surface area contributed by atoms with Crippen LogP contribution in [0.15, 0.2) is 97.7 Å². The number of para-hydroxylation sites is 2. The number of imidazole rings is 1. The number of aliphatic hydroxyl groups excluding tert-OH is 2. The van der Waals surface area contributed by atoms with Crippen molar-refractivity contribution in [2.75, 3.05) is 65.4 Å². The Kier molecular flexibility index (Phi) is 39.6. The van der Waals surface area contributed by atoms with Gasteiger partial charge in [-0.3, -0.25) is 86.9 Å². The van der Waals surface area contributed by atoms with Crippen molar-refractivity contribution in [3.8, 4) is 0 Å². The number of primary amides is 2. The fourth-order valence-corrected chi connectivity index (χ4v) is 17.7. The van der Waals surface area contributed by atoms with Crippen LogP contribution < -0.4 is 75.7 Å². The largest absolute Gasteiger partial charge is 0.394 e. The van der Waals surface area contributed by atoms with Crippen molar-refractivity contribution in [2.24, 2.45) is 23.1 Å². The summed E-state index contributed by atoms with van der Waals surface area (Å²) in [6.45, 7) is 7.94. The highest BCUT2D eigenvalue weighted by molar-refractivity contribution is 8.00. The van der Waals surface area contributed by atoms with Crippen LogP contribution >= 0.6 is 11.8 Å².